The van der Waals surface area contributed by atoms with Gasteiger partial charge in [-0.15, -0.1) is 0 Å². The van der Waals surface area contributed by atoms with Crippen LogP contribution in [-0.4, -0.2) is 13.0 Å². The molecule has 0 heterocycles. The van der Waals surface area contributed by atoms with E-state index < -0.39 is 0 Å². The molecule has 0 aliphatic carbocycles. The Labute approximate surface area is 100 Å². The third-order valence-corrected chi connectivity index (χ3v) is 2.72. The van der Waals surface area contributed by atoms with Gasteiger partial charge in [0, 0.05) is 18.9 Å². The van der Waals surface area contributed by atoms with Crippen molar-refractivity contribution in [1.82, 2.24) is 5.32 Å². The van der Waals surface area contributed by atoms with Gasteiger partial charge in [0.2, 0.25) is 5.91 Å². The second-order valence-corrected chi connectivity index (χ2v) is 3.88. The van der Waals surface area contributed by atoms with Crippen LogP contribution in [0.2, 0.25) is 0 Å². The van der Waals surface area contributed by atoms with Crippen LogP contribution in [-0.2, 0) is 11.3 Å². The Morgan fingerprint density at radius 2 is 1.88 bits per heavy atom. The number of ether oxygens (including phenoxy) is 1. The van der Waals surface area contributed by atoms with E-state index in [1.165, 1.54) is 6.92 Å². The summed E-state index contributed by atoms with van der Waals surface area (Å²) in [6.07, 6.45) is 0. The van der Waals surface area contributed by atoms with E-state index in [4.69, 9.17) is 4.74 Å². The van der Waals surface area contributed by atoms with E-state index in [1.54, 1.807) is 7.11 Å². The van der Waals surface area contributed by atoms with Crippen molar-refractivity contribution in [2.75, 3.05) is 7.11 Å². The maximum absolute atomic E-state index is 10.9. The lowest BCUT2D eigenvalue weighted by Gasteiger charge is -2.10. The van der Waals surface area contributed by atoms with E-state index in [1.807, 2.05) is 36.4 Å². The molecule has 17 heavy (non-hydrogen) atoms. The quantitative estimate of drug-likeness (QED) is 0.878. The SMILES string of the molecule is COc1ccc(CNC(C)=O)c2ccccc12. The highest BCUT2D eigenvalue weighted by Gasteiger charge is 2.05. The standard InChI is InChI=1S/C14H15NO2/c1-10(16)15-9-11-7-8-14(17-2)13-6-4-3-5-12(11)13/h3-8H,9H2,1-2H3,(H,15,16). The van der Waals surface area contributed by atoms with Gasteiger partial charge in [0.15, 0.2) is 0 Å². The van der Waals surface area contributed by atoms with Gasteiger partial charge in [-0.1, -0.05) is 30.3 Å². The number of amides is 1. The van der Waals surface area contributed by atoms with Crippen LogP contribution in [0, 0.1) is 0 Å². The lowest BCUT2D eigenvalue weighted by Crippen LogP contribution is -2.19. The molecule has 2 aromatic rings. The van der Waals surface area contributed by atoms with Crippen molar-refractivity contribution in [3.8, 4) is 5.75 Å². The molecule has 0 aliphatic heterocycles. The largest absolute Gasteiger partial charge is 0.496 e. The molecule has 0 radical (unpaired) electrons. The van der Waals surface area contributed by atoms with Gasteiger partial charge in [-0.25, -0.2) is 0 Å². The van der Waals surface area contributed by atoms with Crippen LogP contribution in [0.1, 0.15) is 12.5 Å². The normalized spacial score (nSPS) is 10.2. The van der Waals surface area contributed by atoms with Gasteiger partial charge in [0.1, 0.15) is 5.75 Å². The van der Waals surface area contributed by atoms with Crippen LogP contribution in [0.5, 0.6) is 5.75 Å². The van der Waals surface area contributed by atoms with Crippen LogP contribution >= 0.6 is 0 Å². The zero-order valence-electron chi connectivity index (χ0n) is 9.99. The lowest BCUT2D eigenvalue weighted by molar-refractivity contribution is -0.119. The summed E-state index contributed by atoms with van der Waals surface area (Å²) in [5.74, 6) is 0.831. The molecule has 3 heteroatoms. The number of carbonyl (C=O) groups is 1. The summed E-state index contributed by atoms with van der Waals surface area (Å²) in [5.41, 5.74) is 1.09. The fourth-order valence-electron chi connectivity index (χ4n) is 1.89. The van der Waals surface area contributed by atoms with Crippen LogP contribution in [0.15, 0.2) is 36.4 Å². The van der Waals surface area contributed by atoms with Crippen molar-refractivity contribution in [1.29, 1.82) is 0 Å². The van der Waals surface area contributed by atoms with Gasteiger partial charge >= 0.3 is 0 Å². The minimum absolute atomic E-state index is 0.0232. The highest BCUT2D eigenvalue weighted by Crippen LogP contribution is 2.28. The first kappa shape index (κ1) is 11.5. The Balaban J connectivity index is 2.47. The summed E-state index contributed by atoms with van der Waals surface area (Å²) >= 11 is 0. The molecular formula is C14H15NO2. The molecule has 0 aliphatic rings. The summed E-state index contributed by atoms with van der Waals surface area (Å²) < 4.78 is 5.32. The van der Waals surface area contributed by atoms with Crippen molar-refractivity contribution < 1.29 is 9.53 Å². The van der Waals surface area contributed by atoms with E-state index >= 15 is 0 Å². The molecule has 0 bridgehead atoms. The second-order valence-electron chi connectivity index (χ2n) is 3.88. The predicted molar refractivity (Wildman–Crippen MR) is 68.0 cm³/mol. The molecule has 0 saturated carbocycles. The fraction of sp³-hybridized carbons (Fsp3) is 0.214. The molecule has 0 spiro atoms. The van der Waals surface area contributed by atoms with E-state index in [-0.39, 0.29) is 5.91 Å². The van der Waals surface area contributed by atoms with Gasteiger partial charge in [-0.3, -0.25) is 4.79 Å². The third kappa shape index (κ3) is 2.38. The minimum atomic E-state index is -0.0232. The third-order valence-electron chi connectivity index (χ3n) is 2.72. The maximum atomic E-state index is 10.9. The van der Waals surface area contributed by atoms with Crippen molar-refractivity contribution in [2.24, 2.45) is 0 Å². The van der Waals surface area contributed by atoms with Crippen molar-refractivity contribution in [2.45, 2.75) is 13.5 Å². The summed E-state index contributed by atoms with van der Waals surface area (Å²) in [5, 5.41) is 4.99. The van der Waals surface area contributed by atoms with Crippen LogP contribution in [0.3, 0.4) is 0 Å². The number of hydrogen-bond donors (Lipinski definition) is 1. The van der Waals surface area contributed by atoms with Crippen molar-refractivity contribution in [3.05, 3.63) is 42.0 Å². The molecule has 0 unspecified atom stereocenters. The van der Waals surface area contributed by atoms with Gasteiger partial charge < -0.3 is 10.1 Å². The molecule has 1 amide bonds. The number of methoxy groups -OCH3 is 1. The summed E-state index contributed by atoms with van der Waals surface area (Å²) in [7, 11) is 1.66. The Bertz CT molecular complexity index is 549. The molecule has 2 aromatic carbocycles. The first-order valence-corrected chi connectivity index (χ1v) is 5.51. The number of rotatable bonds is 3. The van der Waals surface area contributed by atoms with Gasteiger partial charge in [0.25, 0.3) is 0 Å². The molecule has 0 atom stereocenters. The Kier molecular flexibility index (Phi) is 3.28. The maximum Gasteiger partial charge on any atom is 0.217 e. The van der Waals surface area contributed by atoms with E-state index in [0.717, 1.165) is 22.1 Å². The van der Waals surface area contributed by atoms with E-state index in [2.05, 4.69) is 5.32 Å². The molecule has 0 fully saturated rings. The molecule has 0 saturated heterocycles. The predicted octanol–water partition coefficient (Wildman–Crippen LogP) is 2.48. The lowest BCUT2D eigenvalue weighted by atomic mass is 10.0. The first-order chi connectivity index (χ1) is 8.22. The minimum Gasteiger partial charge on any atom is -0.496 e. The molecule has 0 aromatic heterocycles. The van der Waals surface area contributed by atoms with Crippen LogP contribution < -0.4 is 10.1 Å². The first-order valence-electron chi connectivity index (χ1n) is 5.51. The topological polar surface area (TPSA) is 38.3 Å². The van der Waals surface area contributed by atoms with Gasteiger partial charge in [0.05, 0.1) is 7.11 Å². The molecule has 2 rings (SSSR count). The number of fused-ring (bicyclic) bond motifs is 1. The van der Waals surface area contributed by atoms with Crippen LogP contribution in [0.25, 0.3) is 10.8 Å². The Morgan fingerprint density at radius 1 is 1.18 bits per heavy atom. The average molecular weight is 229 g/mol. The summed E-state index contributed by atoms with van der Waals surface area (Å²) in [6, 6.07) is 11.9. The van der Waals surface area contributed by atoms with Gasteiger partial charge in [-0.2, -0.15) is 0 Å². The highest BCUT2D eigenvalue weighted by molar-refractivity contribution is 5.91. The average Bonchev–Trinajstić information content (AvgIpc) is 2.35. The van der Waals surface area contributed by atoms with Gasteiger partial charge in [-0.05, 0) is 17.0 Å². The highest BCUT2D eigenvalue weighted by atomic mass is 16.5. The van der Waals surface area contributed by atoms with E-state index in [0.29, 0.717) is 6.54 Å². The Hall–Kier alpha value is -2.03. The van der Waals surface area contributed by atoms with Crippen molar-refractivity contribution >= 4 is 16.7 Å². The zero-order valence-corrected chi connectivity index (χ0v) is 9.99. The second kappa shape index (κ2) is 4.87. The Morgan fingerprint density at radius 3 is 2.53 bits per heavy atom. The number of benzene rings is 2. The molecule has 3 nitrogen and oxygen atoms in total. The van der Waals surface area contributed by atoms with E-state index in [9.17, 15) is 4.79 Å². The number of carbonyl (C=O) groups excluding carboxylic acids is 1. The van der Waals surface area contributed by atoms with Crippen molar-refractivity contribution in [3.63, 3.8) is 0 Å². The number of hydrogen-bond acceptors (Lipinski definition) is 2. The zero-order chi connectivity index (χ0) is 12.3. The molecular weight excluding hydrogens is 214 g/mol. The summed E-state index contributed by atoms with van der Waals surface area (Å²) in [4.78, 5) is 10.9. The molecule has 1 N–H and O–H groups in total. The van der Waals surface area contributed by atoms with Crippen LogP contribution in [0.4, 0.5) is 0 Å². The number of nitrogens with one attached hydrogen (secondary N) is 1. The summed E-state index contributed by atoms with van der Waals surface area (Å²) in [6.45, 7) is 2.06. The fourth-order valence-corrected chi connectivity index (χ4v) is 1.89. The monoisotopic (exact) mass is 229 g/mol. The smallest absolute Gasteiger partial charge is 0.217 e. The molecule has 88 valence electrons.